The van der Waals surface area contributed by atoms with Crippen LogP contribution in [-0.4, -0.2) is 19.1 Å². The molecule has 0 heterocycles. The second kappa shape index (κ2) is 5.04. The van der Waals surface area contributed by atoms with Crippen molar-refractivity contribution in [3.63, 3.8) is 0 Å². The number of rotatable bonds is 3. The molecule has 1 aromatic rings. The monoisotopic (exact) mass is 285 g/mol. The second-order valence-corrected chi connectivity index (χ2v) is 6.93. The highest BCUT2D eigenvalue weighted by Crippen LogP contribution is 2.58. The highest BCUT2D eigenvalue weighted by atomic mass is 16.5. The van der Waals surface area contributed by atoms with Crippen LogP contribution in [0.2, 0.25) is 0 Å². The number of carbonyl (C=O) groups excluding carboxylic acids is 1. The molecule has 3 fully saturated rings. The molecule has 0 aromatic heterocycles. The molecule has 1 N–H and O–H groups in total. The highest BCUT2D eigenvalue weighted by molar-refractivity contribution is 5.97. The standard InChI is InChI=1S/C18H23NO2/c1-21-17-8-3-2-5-14(17)18(20)19-16-10-11-9-15(16)13-7-4-6-12(11)13/h2-3,5,8,11-13,15-16H,4,6-7,9-10H2,1H3,(H,19,20). The molecule has 1 amide bonds. The Labute approximate surface area is 126 Å². The van der Waals surface area contributed by atoms with E-state index in [1.807, 2.05) is 24.3 Å². The van der Waals surface area contributed by atoms with Gasteiger partial charge < -0.3 is 10.1 Å². The Hall–Kier alpha value is -1.51. The van der Waals surface area contributed by atoms with Crippen LogP contribution in [0, 0.1) is 23.7 Å². The van der Waals surface area contributed by atoms with Crippen molar-refractivity contribution in [2.45, 2.75) is 38.1 Å². The second-order valence-electron chi connectivity index (χ2n) is 6.93. The minimum atomic E-state index is 0.0274. The summed E-state index contributed by atoms with van der Waals surface area (Å²) in [6, 6.07) is 7.87. The van der Waals surface area contributed by atoms with Gasteiger partial charge in [0.25, 0.3) is 5.91 Å². The van der Waals surface area contributed by atoms with Crippen molar-refractivity contribution in [2.75, 3.05) is 7.11 Å². The number of fused-ring (bicyclic) bond motifs is 5. The lowest BCUT2D eigenvalue weighted by molar-refractivity contribution is 0.0898. The van der Waals surface area contributed by atoms with Crippen molar-refractivity contribution in [3.05, 3.63) is 29.8 Å². The third kappa shape index (κ3) is 2.05. The Morgan fingerprint density at radius 2 is 1.95 bits per heavy atom. The Morgan fingerprint density at radius 1 is 1.14 bits per heavy atom. The van der Waals surface area contributed by atoms with Crippen molar-refractivity contribution >= 4 is 5.91 Å². The Kier molecular flexibility index (Phi) is 3.16. The number of nitrogens with one attached hydrogen (secondary N) is 1. The summed E-state index contributed by atoms with van der Waals surface area (Å²) in [5, 5.41) is 3.30. The minimum Gasteiger partial charge on any atom is -0.496 e. The lowest BCUT2D eigenvalue weighted by atomic mass is 9.79. The van der Waals surface area contributed by atoms with Crippen molar-refractivity contribution in [3.8, 4) is 5.75 Å². The van der Waals surface area contributed by atoms with Gasteiger partial charge in [-0.15, -0.1) is 0 Å². The molecule has 3 aliphatic rings. The van der Waals surface area contributed by atoms with E-state index >= 15 is 0 Å². The molecule has 0 aliphatic heterocycles. The number of hydrogen-bond donors (Lipinski definition) is 1. The van der Waals surface area contributed by atoms with Crippen LogP contribution in [0.5, 0.6) is 5.75 Å². The Balaban J connectivity index is 1.48. The molecule has 21 heavy (non-hydrogen) atoms. The maximum atomic E-state index is 12.6. The van der Waals surface area contributed by atoms with Crippen molar-refractivity contribution in [1.82, 2.24) is 5.32 Å². The van der Waals surface area contributed by atoms with Gasteiger partial charge in [-0.1, -0.05) is 18.6 Å². The van der Waals surface area contributed by atoms with Crippen LogP contribution in [0.3, 0.4) is 0 Å². The van der Waals surface area contributed by atoms with E-state index in [1.54, 1.807) is 7.11 Å². The van der Waals surface area contributed by atoms with Crippen LogP contribution >= 0.6 is 0 Å². The molecular formula is C18H23NO2. The fourth-order valence-electron chi connectivity index (χ4n) is 5.31. The first-order valence-corrected chi connectivity index (χ1v) is 8.22. The molecule has 3 aliphatic carbocycles. The van der Waals surface area contributed by atoms with Crippen LogP contribution in [0.4, 0.5) is 0 Å². The summed E-state index contributed by atoms with van der Waals surface area (Å²) in [5.74, 6) is 4.13. The van der Waals surface area contributed by atoms with E-state index in [2.05, 4.69) is 5.32 Å². The number of para-hydroxylation sites is 1. The van der Waals surface area contributed by atoms with Gasteiger partial charge in [-0.2, -0.15) is 0 Å². The zero-order valence-electron chi connectivity index (χ0n) is 12.5. The predicted octanol–water partition coefficient (Wildman–Crippen LogP) is 3.25. The summed E-state index contributed by atoms with van der Waals surface area (Å²) in [6.07, 6.45) is 6.74. The smallest absolute Gasteiger partial charge is 0.255 e. The first-order chi connectivity index (χ1) is 10.3. The predicted molar refractivity (Wildman–Crippen MR) is 81.3 cm³/mol. The van der Waals surface area contributed by atoms with E-state index in [9.17, 15) is 4.79 Å². The fourth-order valence-corrected chi connectivity index (χ4v) is 5.31. The first kappa shape index (κ1) is 13.2. The van der Waals surface area contributed by atoms with Crippen LogP contribution in [0.25, 0.3) is 0 Å². The van der Waals surface area contributed by atoms with Gasteiger partial charge in [0.15, 0.2) is 0 Å². The molecular weight excluding hydrogens is 262 g/mol. The van der Waals surface area contributed by atoms with Gasteiger partial charge in [-0.25, -0.2) is 0 Å². The lowest BCUT2D eigenvalue weighted by Crippen LogP contribution is -2.42. The average molecular weight is 285 g/mol. The summed E-state index contributed by atoms with van der Waals surface area (Å²) in [4.78, 5) is 12.6. The van der Waals surface area contributed by atoms with E-state index in [-0.39, 0.29) is 5.91 Å². The van der Waals surface area contributed by atoms with E-state index in [4.69, 9.17) is 4.74 Å². The zero-order chi connectivity index (χ0) is 14.4. The topological polar surface area (TPSA) is 38.3 Å². The van der Waals surface area contributed by atoms with Gasteiger partial charge in [0, 0.05) is 6.04 Å². The molecule has 2 bridgehead atoms. The summed E-state index contributed by atoms with van der Waals surface area (Å²) < 4.78 is 5.30. The summed E-state index contributed by atoms with van der Waals surface area (Å²) in [7, 11) is 1.62. The van der Waals surface area contributed by atoms with Gasteiger partial charge in [0.1, 0.15) is 5.75 Å². The minimum absolute atomic E-state index is 0.0274. The normalized spacial score (nSPS) is 36.5. The fraction of sp³-hybridized carbons (Fsp3) is 0.611. The van der Waals surface area contributed by atoms with Crippen LogP contribution < -0.4 is 10.1 Å². The molecule has 4 rings (SSSR count). The lowest BCUT2D eigenvalue weighted by Gasteiger charge is -2.32. The summed E-state index contributed by atoms with van der Waals surface area (Å²) >= 11 is 0. The molecule has 0 saturated heterocycles. The van der Waals surface area contributed by atoms with Gasteiger partial charge in [0.2, 0.25) is 0 Å². The van der Waals surface area contributed by atoms with Gasteiger partial charge in [-0.3, -0.25) is 4.79 Å². The number of amides is 1. The van der Waals surface area contributed by atoms with Gasteiger partial charge in [-0.05, 0) is 61.5 Å². The SMILES string of the molecule is COc1ccccc1C(=O)NC1CC2CC1C1CCCC21. The van der Waals surface area contributed by atoms with E-state index in [1.165, 1.54) is 32.1 Å². The van der Waals surface area contributed by atoms with E-state index in [0.717, 1.165) is 23.7 Å². The molecule has 5 atom stereocenters. The Bertz CT molecular complexity index is 556. The molecule has 0 spiro atoms. The van der Waals surface area contributed by atoms with Crippen LogP contribution in [-0.2, 0) is 0 Å². The largest absolute Gasteiger partial charge is 0.496 e. The van der Waals surface area contributed by atoms with Gasteiger partial charge >= 0.3 is 0 Å². The van der Waals surface area contributed by atoms with Crippen LogP contribution in [0.15, 0.2) is 24.3 Å². The molecule has 3 saturated carbocycles. The number of hydrogen-bond acceptors (Lipinski definition) is 2. The summed E-state index contributed by atoms with van der Waals surface area (Å²) in [6.45, 7) is 0. The van der Waals surface area contributed by atoms with Gasteiger partial charge in [0.05, 0.1) is 12.7 Å². The molecule has 0 radical (unpaired) electrons. The zero-order valence-corrected chi connectivity index (χ0v) is 12.5. The third-order valence-corrected chi connectivity index (χ3v) is 6.10. The molecule has 3 heteroatoms. The number of ether oxygens (including phenoxy) is 1. The van der Waals surface area contributed by atoms with E-state index in [0.29, 0.717) is 17.4 Å². The highest BCUT2D eigenvalue weighted by Gasteiger charge is 2.54. The van der Waals surface area contributed by atoms with Crippen molar-refractivity contribution < 1.29 is 9.53 Å². The first-order valence-electron chi connectivity index (χ1n) is 8.22. The molecule has 1 aromatic carbocycles. The molecule has 3 nitrogen and oxygen atoms in total. The van der Waals surface area contributed by atoms with Crippen molar-refractivity contribution in [2.24, 2.45) is 23.7 Å². The summed E-state index contributed by atoms with van der Waals surface area (Å²) in [5.41, 5.74) is 0.658. The maximum absolute atomic E-state index is 12.6. The molecule has 5 unspecified atom stereocenters. The number of methoxy groups -OCH3 is 1. The van der Waals surface area contributed by atoms with Crippen molar-refractivity contribution in [1.29, 1.82) is 0 Å². The quantitative estimate of drug-likeness (QED) is 0.926. The third-order valence-electron chi connectivity index (χ3n) is 6.10. The maximum Gasteiger partial charge on any atom is 0.255 e. The number of benzene rings is 1. The van der Waals surface area contributed by atoms with E-state index < -0.39 is 0 Å². The average Bonchev–Trinajstić information content (AvgIpc) is 3.19. The van der Waals surface area contributed by atoms with Crippen LogP contribution in [0.1, 0.15) is 42.5 Å². The Morgan fingerprint density at radius 3 is 2.81 bits per heavy atom. The number of carbonyl (C=O) groups is 1. The molecule has 112 valence electrons.